The number of primary amides is 1. The Morgan fingerprint density at radius 3 is 2.66 bits per heavy atom. The molecule has 1 atom stereocenters. The molecule has 1 aromatic carbocycles. The van der Waals surface area contributed by atoms with Crippen molar-refractivity contribution >= 4 is 17.8 Å². The molecule has 0 aliphatic carbocycles. The van der Waals surface area contributed by atoms with E-state index < -0.39 is 17.5 Å². The summed E-state index contributed by atoms with van der Waals surface area (Å²) in [6, 6.07) is 5.66. The monoisotopic (exact) mass is 397 g/mol. The number of ether oxygens (including phenoxy) is 1. The summed E-state index contributed by atoms with van der Waals surface area (Å²) in [5.74, 6) is -1.26. The molecule has 4 rings (SSSR count). The number of rotatable bonds is 3. The van der Waals surface area contributed by atoms with E-state index >= 15 is 0 Å². The third-order valence-electron chi connectivity index (χ3n) is 5.67. The minimum absolute atomic E-state index is 0.0325. The lowest BCUT2D eigenvalue weighted by molar-refractivity contribution is -0.152. The van der Waals surface area contributed by atoms with Gasteiger partial charge in [0.25, 0.3) is 11.8 Å². The number of aromatic nitrogens is 3. The van der Waals surface area contributed by atoms with Crippen LogP contribution < -0.4 is 5.73 Å². The van der Waals surface area contributed by atoms with E-state index in [1.165, 1.54) is 6.20 Å². The number of esters is 1. The Labute approximate surface area is 167 Å². The fourth-order valence-corrected chi connectivity index (χ4v) is 4.05. The zero-order chi connectivity index (χ0) is 20.8. The van der Waals surface area contributed by atoms with Crippen molar-refractivity contribution in [3.8, 4) is 0 Å². The molecular formula is C20H23N5O4. The van der Waals surface area contributed by atoms with Gasteiger partial charge in [-0.2, -0.15) is 0 Å². The van der Waals surface area contributed by atoms with Gasteiger partial charge >= 0.3 is 5.97 Å². The van der Waals surface area contributed by atoms with Crippen molar-refractivity contribution in [3.63, 3.8) is 0 Å². The van der Waals surface area contributed by atoms with Gasteiger partial charge in [-0.15, -0.1) is 5.10 Å². The number of benzene rings is 1. The molecule has 2 amide bonds. The standard InChI is InChI=1S/C20H23N5O4/c1-12-3-4-13-10-20(2,29-18(27)15(13)9-12)19(28)24-7-5-14(6-8-24)25-11-16(17(21)26)22-23-25/h3-4,9,11,14H,5-8,10H2,1-2H3,(H2,21,26). The number of likely N-dealkylation sites (tertiary alicyclic amines) is 1. The summed E-state index contributed by atoms with van der Waals surface area (Å²) in [4.78, 5) is 38.6. The third-order valence-corrected chi connectivity index (χ3v) is 5.67. The van der Waals surface area contributed by atoms with Gasteiger partial charge in [-0.25, -0.2) is 9.48 Å². The van der Waals surface area contributed by atoms with E-state index in [1.807, 2.05) is 19.1 Å². The van der Waals surface area contributed by atoms with Crippen LogP contribution in [0, 0.1) is 6.92 Å². The molecular weight excluding hydrogens is 374 g/mol. The average molecular weight is 397 g/mol. The number of piperidine rings is 1. The van der Waals surface area contributed by atoms with Crippen LogP contribution in [-0.2, 0) is 16.0 Å². The van der Waals surface area contributed by atoms with Crippen molar-refractivity contribution in [2.24, 2.45) is 5.73 Å². The molecule has 3 heterocycles. The largest absolute Gasteiger partial charge is 0.445 e. The van der Waals surface area contributed by atoms with Crippen molar-refractivity contribution in [3.05, 3.63) is 46.8 Å². The molecule has 2 N–H and O–H groups in total. The number of nitrogens with two attached hydrogens (primary N) is 1. The van der Waals surface area contributed by atoms with Crippen molar-refractivity contribution in [2.45, 2.75) is 44.8 Å². The van der Waals surface area contributed by atoms with Crippen LogP contribution in [0.15, 0.2) is 24.4 Å². The maximum Gasteiger partial charge on any atom is 0.339 e. The van der Waals surface area contributed by atoms with Gasteiger partial charge in [-0.1, -0.05) is 22.9 Å². The summed E-state index contributed by atoms with van der Waals surface area (Å²) < 4.78 is 7.23. The Morgan fingerprint density at radius 2 is 2.00 bits per heavy atom. The Balaban J connectivity index is 1.44. The predicted octanol–water partition coefficient (Wildman–Crippen LogP) is 1.02. The maximum absolute atomic E-state index is 13.2. The summed E-state index contributed by atoms with van der Waals surface area (Å²) in [7, 11) is 0. The Bertz CT molecular complexity index is 993. The Hall–Kier alpha value is -3.23. The van der Waals surface area contributed by atoms with Crippen molar-refractivity contribution in [1.82, 2.24) is 19.9 Å². The van der Waals surface area contributed by atoms with Crippen LogP contribution in [0.25, 0.3) is 0 Å². The van der Waals surface area contributed by atoms with Gasteiger partial charge in [-0.05, 0) is 38.3 Å². The second-order valence-corrected chi connectivity index (χ2v) is 7.93. The van der Waals surface area contributed by atoms with E-state index in [1.54, 1.807) is 22.6 Å². The minimum atomic E-state index is -1.21. The number of hydrogen-bond donors (Lipinski definition) is 1. The minimum Gasteiger partial charge on any atom is -0.445 e. The lowest BCUT2D eigenvalue weighted by Crippen LogP contribution is -2.54. The van der Waals surface area contributed by atoms with Crippen LogP contribution >= 0.6 is 0 Å². The highest BCUT2D eigenvalue weighted by molar-refractivity contribution is 5.97. The summed E-state index contributed by atoms with van der Waals surface area (Å²) in [5, 5.41) is 7.74. The second-order valence-electron chi connectivity index (χ2n) is 7.93. The molecule has 2 aliphatic rings. The second kappa shape index (κ2) is 6.98. The molecule has 0 radical (unpaired) electrons. The number of carbonyl (C=O) groups excluding carboxylic acids is 3. The highest BCUT2D eigenvalue weighted by Gasteiger charge is 2.45. The number of nitrogens with zero attached hydrogens (tertiary/aromatic N) is 4. The van der Waals surface area contributed by atoms with Gasteiger partial charge in [0.2, 0.25) is 0 Å². The molecule has 0 bridgehead atoms. The van der Waals surface area contributed by atoms with E-state index in [-0.39, 0.29) is 17.6 Å². The van der Waals surface area contributed by atoms with Gasteiger partial charge < -0.3 is 15.4 Å². The van der Waals surface area contributed by atoms with Crippen LogP contribution in [0.1, 0.15) is 57.8 Å². The zero-order valence-electron chi connectivity index (χ0n) is 16.4. The molecule has 1 saturated heterocycles. The molecule has 0 saturated carbocycles. The number of fused-ring (bicyclic) bond motifs is 1. The SMILES string of the molecule is Cc1ccc2c(c1)C(=O)OC(C)(C(=O)N1CCC(n3cc(C(N)=O)nn3)CC1)C2. The lowest BCUT2D eigenvalue weighted by Gasteiger charge is -2.39. The third kappa shape index (κ3) is 3.48. The van der Waals surface area contributed by atoms with Crippen LogP contribution in [0.5, 0.6) is 0 Å². The van der Waals surface area contributed by atoms with Crippen LogP contribution in [0.4, 0.5) is 0 Å². The molecule has 0 spiro atoms. The molecule has 2 aliphatic heterocycles. The fourth-order valence-electron chi connectivity index (χ4n) is 4.05. The van der Waals surface area contributed by atoms with Gasteiger partial charge in [-0.3, -0.25) is 9.59 Å². The highest BCUT2D eigenvalue weighted by Crippen LogP contribution is 2.32. The van der Waals surface area contributed by atoms with E-state index in [0.717, 1.165) is 11.1 Å². The molecule has 9 nitrogen and oxygen atoms in total. The topological polar surface area (TPSA) is 120 Å². The number of aryl methyl sites for hydroxylation is 1. The fraction of sp³-hybridized carbons (Fsp3) is 0.450. The quantitative estimate of drug-likeness (QED) is 0.772. The molecule has 2 aromatic rings. The van der Waals surface area contributed by atoms with Crippen molar-refractivity contribution < 1.29 is 19.1 Å². The molecule has 1 unspecified atom stereocenters. The van der Waals surface area contributed by atoms with Gasteiger partial charge in [0.05, 0.1) is 17.8 Å². The smallest absolute Gasteiger partial charge is 0.339 e. The molecule has 29 heavy (non-hydrogen) atoms. The number of hydrogen-bond acceptors (Lipinski definition) is 6. The van der Waals surface area contributed by atoms with E-state index in [0.29, 0.717) is 37.9 Å². The zero-order valence-corrected chi connectivity index (χ0v) is 16.4. The predicted molar refractivity (Wildman–Crippen MR) is 102 cm³/mol. The first-order valence-electron chi connectivity index (χ1n) is 9.61. The van der Waals surface area contributed by atoms with Gasteiger partial charge in [0.1, 0.15) is 0 Å². The van der Waals surface area contributed by atoms with Gasteiger partial charge in [0, 0.05) is 19.5 Å². The number of amides is 2. The first kappa shape index (κ1) is 19.1. The summed E-state index contributed by atoms with van der Waals surface area (Å²) in [6.45, 7) is 4.60. The normalized spacial score (nSPS) is 22.1. The highest BCUT2D eigenvalue weighted by atomic mass is 16.6. The van der Waals surface area contributed by atoms with E-state index in [2.05, 4.69) is 10.3 Å². The van der Waals surface area contributed by atoms with Crippen LogP contribution in [0.3, 0.4) is 0 Å². The van der Waals surface area contributed by atoms with Crippen LogP contribution in [-0.4, -0.2) is 56.4 Å². The Kier molecular flexibility index (Phi) is 4.60. The first-order chi connectivity index (χ1) is 13.8. The maximum atomic E-state index is 13.2. The summed E-state index contributed by atoms with van der Waals surface area (Å²) >= 11 is 0. The summed E-state index contributed by atoms with van der Waals surface area (Å²) in [6.07, 6.45) is 3.21. The molecule has 152 valence electrons. The lowest BCUT2D eigenvalue weighted by atomic mass is 9.87. The van der Waals surface area contributed by atoms with Crippen LogP contribution in [0.2, 0.25) is 0 Å². The van der Waals surface area contributed by atoms with Gasteiger partial charge in [0.15, 0.2) is 11.3 Å². The average Bonchev–Trinajstić information content (AvgIpc) is 3.19. The molecule has 9 heteroatoms. The Morgan fingerprint density at radius 1 is 1.28 bits per heavy atom. The molecule has 1 fully saturated rings. The summed E-state index contributed by atoms with van der Waals surface area (Å²) in [5.41, 5.74) is 6.48. The first-order valence-corrected chi connectivity index (χ1v) is 9.61. The number of carbonyl (C=O) groups is 3. The van der Waals surface area contributed by atoms with Crippen molar-refractivity contribution in [2.75, 3.05) is 13.1 Å². The van der Waals surface area contributed by atoms with Crippen molar-refractivity contribution in [1.29, 1.82) is 0 Å². The number of cyclic esters (lactones) is 1. The van der Waals surface area contributed by atoms with E-state index in [4.69, 9.17) is 10.5 Å². The van der Waals surface area contributed by atoms with E-state index in [9.17, 15) is 14.4 Å². The molecule has 1 aromatic heterocycles.